The second kappa shape index (κ2) is 7.67. The third-order valence-electron chi connectivity index (χ3n) is 2.34. The van der Waals surface area contributed by atoms with Crippen molar-refractivity contribution < 1.29 is 28.6 Å². The minimum Gasteiger partial charge on any atom is -0.497 e. The molecule has 0 aliphatic heterocycles. The van der Waals surface area contributed by atoms with E-state index in [-0.39, 0.29) is 11.3 Å². The van der Waals surface area contributed by atoms with E-state index in [0.29, 0.717) is 5.75 Å². The molecule has 6 nitrogen and oxygen atoms in total. The molecule has 6 heteroatoms. The third kappa shape index (κ3) is 4.97. The molecule has 0 radical (unpaired) electrons. The lowest BCUT2D eigenvalue weighted by Crippen LogP contribution is -2.18. The van der Waals surface area contributed by atoms with Gasteiger partial charge in [0.1, 0.15) is 24.0 Å². The SMILES string of the molecule is C=C(C)C(=O)OCC(=C=O)C(=O)Oc1ccc(OC)cc1. The van der Waals surface area contributed by atoms with Crippen LogP contribution in [0.5, 0.6) is 11.5 Å². The summed E-state index contributed by atoms with van der Waals surface area (Å²) in [5, 5.41) is 0. The highest BCUT2D eigenvalue weighted by Crippen LogP contribution is 2.17. The molecular weight excluding hydrogens is 276 g/mol. The molecule has 0 saturated heterocycles. The molecule has 1 rings (SSSR count). The third-order valence-corrected chi connectivity index (χ3v) is 2.34. The first-order valence-electron chi connectivity index (χ1n) is 5.90. The Morgan fingerprint density at radius 2 is 1.71 bits per heavy atom. The Morgan fingerprint density at radius 3 is 2.19 bits per heavy atom. The average Bonchev–Trinajstić information content (AvgIpc) is 2.48. The number of hydrogen-bond donors (Lipinski definition) is 0. The van der Waals surface area contributed by atoms with Crippen LogP contribution in [0.1, 0.15) is 6.92 Å². The highest BCUT2D eigenvalue weighted by atomic mass is 16.6. The van der Waals surface area contributed by atoms with E-state index in [0.717, 1.165) is 0 Å². The Balaban J connectivity index is 2.65. The summed E-state index contributed by atoms with van der Waals surface area (Å²) in [6.45, 7) is 4.30. The maximum Gasteiger partial charge on any atom is 0.354 e. The zero-order chi connectivity index (χ0) is 15.8. The molecule has 0 fully saturated rings. The first-order chi connectivity index (χ1) is 9.97. The molecule has 0 amide bonds. The summed E-state index contributed by atoms with van der Waals surface area (Å²) in [7, 11) is 1.50. The molecule has 1 aromatic carbocycles. The summed E-state index contributed by atoms with van der Waals surface area (Å²) in [4.78, 5) is 33.6. The van der Waals surface area contributed by atoms with E-state index in [2.05, 4.69) is 6.58 Å². The van der Waals surface area contributed by atoms with Crippen molar-refractivity contribution in [2.45, 2.75) is 6.92 Å². The van der Waals surface area contributed by atoms with Crippen molar-refractivity contribution >= 4 is 17.9 Å². The van der Waals surface area contributed by atoms with Crippen LogP contribution < -0.4 is 9.47 Å². The van der Waals surface area contributed by atoms with Crippen LogP contribution in [0.2, 0.25) is 0 Å². The molecule has 0 heterocycles. The van der Waals surface area contributed by atoms with Crippen molar-refractivity contribution in [1.82, 2.24) is 0 Å². The van der Waals surface area contributed by atoms with Crippen LogP contribution in [-0.4, -0.2) is 31.6 Å². The smallest absolute Gasteiger partial charge is 0.354 e. The minimum atomic E-state index is -0.940. The molecule has 110 valence electrons. The topological polar surface area (TPSA) is 78.9 Å². The van der Waals surface area contributed by atoms with Gasteiger partial charge < -0.3 is 14.2 Å². The standard InChI is InChI=1S/C15H14O6/c1-10(2)14(17)20-9-11(8-16)15(18)21-13-6-4-12(19-3)5-7-13/h4-7H,1,9H2,2-3H3. The fourth-order valence-electron chi connectivity index (χ4n) is 1.20. The number of carbonyl (C=O) groups excluding carboxylic acids is 3. The molecule has 0 unspecified atom stereocenters. The Labute approximate surface area is 121 Å². The van der Waals surface area contributed by atoms with Crippen LogP contribution >= 0.6 is 0 Å². The number of ether oxygens (including phenoxy) is 3. The van der Waals surface area contributed by atoms with Crippen molar-refractivity contribution in [1.29, 1.82) is 0 Å². The Kier molecular flexibility index (Phi) is 5.92. The maximum absolute atomic E-state index is 11.7. The first-order valence-corrected chi connectivity index (χ1v) is 5.90. The monoisotopic (exact) mass is 290 g/mol. The van der Waals surface area contributed by atoms with E-state index >= 15 is 0 Å². The molecule has 0 spiro atoms. The van der Waals surface area contributed by atoms with Gasteiger partial charge >= 0.3 is 11.9 Å². The molecule has 21 heavy (non-hydrogen) atoms. The summed E-state index contributed by atoms with van der Waals surface area (Å²) < 4.78 is 14.6. The predicted octanol–water partition coefficient (Wildman–Crippen LogP) is 1.48. The van der Waals surface area contributed by atoms with Crippen molar-refractivity contribution in [3.8, 4) is 11.5 Å². The van der Waals surface area contributed by atoms with Crippen molar-refractivity contribution in [3.63, 3.8) is 0 Å². The number of esters is 2. The fourth-order valence-corrected chi connectivity index (χ4v) is 1.20. The van der Waals surface area contributed by atoms with Crippen molar-refractivity contribution in [2.75, 3.05) is 13.7 Å². The molecule has 1 aromatic rings. The molecule has 0 atom stereocenters. The van der Waals surface area contributed by atoms with E-state index in [4.69, 9.17) is 14.2 Å². The summed E-state index contributed by atoms with van der Waals surface area (Å²) >= 11 is 0. The van der Waals surface area contributed by atoms with Crippen LogP contribution in [0.25, 0.3) is 0 Å². The quantitative estimate of drug-likeness (QED) is 0.342. The second-order valence-corrected chi connectivity index (χ2v) is 4.00. The van der Waals surface area contributed by atoms with Crippen molar-refractivity contribution in [2.24, 2.45) is 0 Å². The number of methoxy groups -OCH3 is 1. The lowest BCUT2D eigenvalue weighted by atomic mass is 10.3. The minimum absolute atomic E-state index is 0.156. The molecule has 0 N–H and O–H groups in total. The van der Waals surface area contributed by atoms with Gasteiger partial charge in [0.25, 0.3) is 0 Å². The Bertz CT molecular complexity index is 593. The van der Waals surface area contributed by atoms with Gasteiger partial charge in [-0.1, -0.05) is 6.58 Å². The summed E-state index contributed by atoms with van der Waals surface area (Å²) in [6.07, 6.45) is 0. The molecule has 0 bridgehead atoms. The Morgan fingerprint density at radius 1 is 1.14 bits per heavy atom. The largest absolute Gasteiger partial charge is 0.497 e. The summed E-state index contributed by atoms with van der Waals surface area (Å²) in [5.74, 6) is 0.567. The second-order valence-electron chi connectivity index (χ2n) is 4.00. The van der Waals surface area contributed by atoms with Gasteiger partial charge in [-0.3, -0.25) is 0 Å². The first kappa shape index (κ1) is 16.2. The maximum atomic E-state index is 11.7. The van der Waals surface area contributed by atoms with Gasteiger partial charge in [0.2, 0.25) is 0 Å². The molecule has 0 aliphatic rings. The molecular formula is C15H14O6. The van der Waals surface area contributed by atoms with E-state index in [1.165, 1.54) is 32.1 Å². The van der Waals surface area contributed by atoms with Crippen LogP contribution in [0.15, 0.2) is 42.0 Å². The number of hydrogen-bond acceptors (Lipinski definition) is 6. The fraction of sp³-hybridized carbons (Fsp3) is 0.200. The van der Waals surface area contributed by atoms with Crippen LogP contribution in [0.3, 0.4) is 0 Å². The average molecular weight is 290 g/mol. The van der Waals surface area contributed by atoms with Gasteiger partial charge in [0, 0.05) is 5.57 Å². The van der Waals surface area contributed by atoms with Crippen LogP contribution in [-0.2, 0) is 19.1 Å². The number of benzene rings is 1. The van der Waals surface area contributed by atoms with Gasteiger partial charge in [0.05, 0.1) is 7.11 Å². The zero-order valence-corrected chi connectivity index (χ0v) is 11.7. The lowest BCUT2D eigenvalue weighted by Gasteiger charge is -2.07. The predicted molar refractivity (Wildman–Crippen MR) is 73.6 cm³/mol. The van der Waals surface area contributed by atoms with Gasteiger partial charge in [-0.25, -0.2) is 14.4 Å². The molecule has 0 saturated carbocycles. The van der Waals surface area contributed by atoms with Crippen LogP contribution in [0, 0.1) is 0 Å². The highest BCUT2D eigenvalue weighted by molar-refractivity contribution is 5.99. The Hall–Kier alpha value is -2.85. The van der Waals surface area contributed by atoms with E-state index in [1.54, 1.807) is 12.1 Å². The van der Waals surface area contributed by atoms with Crippen LogP contribution in [0.4, 0.5) is 0 Å². The van der Waals surface area contributed by atoms with Gasteiger partial charge in [-0.2, -0.15) is 0 Å². The van der Waals surface area contributed by atoms with E-state index < -0.39 is 24.1 Å². The number of rotatable bonds is 6. The summed E-state index contributed by atoms with van der Waals surface area (Å²) in [6, 6.07) is 6.18. The summed E-state index contributed by atoms with van der Waals surface area (Å²) in [5.41, 5.74) is -0.274. The normalized spacial score (nSPS) is 9.24. The highest BCUT2D eigenvalue weighted by Gasteiger charge is 2.16. The van der Waals surface area contributed by atoms with E-state index in [9.17, 15) is 14.4 Å². The van der Waals surface area contributed by atoms with Gasteiger partial charge in [0.15, 0.2) is 5.57 Å². The van der Waals surface area contributed by atoms with Gasteiger partial charge in [-0.15, -0.1) is 0 Å². The lowest BCUT2D eigenvalue weighted by molar-refractivity contribution is -0.139. The van der Waals surface area contributed by atoms with Gasteiger partial charge in [-0.05, 0) is 31.2 Å². The zero-order valence-electron chi connectivity index (χ0n) is 11.7. The molecule has 0 aliphatic carbocycles. The van der Waals surface area contributed by atoms with Crippen molar-refractivity contribution in [3.05, 3.63) is 42.0 Å². The van der Waals surface area contributed by atoms with E-state index in [1.807, 2.05) is 0 Å². The molecule has 0 aromatic heterocycles. The number of carbonyl (C=O) groups is 2.